The van der Waals surface area contributed by atoms with Gasteiger partial charge in [-0.15, -0.1) is 0 Å². The van der Waals surface area contributed by atoms with E-state index in [2.05, 4.69) is 15.3 Å². The van der Waals surface area contributed by atoms with Gasteiger partial charge in [0.2, 0.25) is 0 Å². The number of aromatic amines is 1. The van der Waals surface area contributed by atoms with Crippen LogP contribution in [0.3, 0.4) is 0 Å². The summed E-state index contributed by atoms with van der Waals surface area (Å²) in [5.41, 5.74) is 2.96. The van der Waals surface area contributed by atoms with Crippen molar-refractivity contribution in [2.75, 3.05) is 6.54 Å². The van der Waals surface area contributed by atoms with Crippen molar-refractivity contribution in [3.63, 3.8) is 0 Å². The Bertz CT molecular complexity index is 1260. The van der Waals surface area contributed by atoms with Crippen LogP contribution in [0.4, 0.5) is 0 Å². The Morgan fingerprint density at radius 1 is 1.03 bits per heavy atom. The van der Waals surface area contributed by atoms with Crippen LogP contribution in [-0.4, -0.2) is 37.3 Å². The molecule has 0 unspecified atom stereocenters. The van der Waals surface area contributed by atoms with E-state index in [0.29, 0.717) is 36.8 Å². The number of carbonyl (C=O) groups is 1. The van der Waals surface area contributed by atoms with Crippen LogP contribution >= 0.6 is 0 Å². The van der Waals surface area contributed by atoms with Crippen LogP contribution in [0, 0.1) is 6.92 Å². The van der Waals surface area contributed by atoms with E-state index in [1.54, 1.807) is 17.9 Å². The summed E-state index contributed by atoms with van der Waals surface area (Å²) < 4.78 is 7.38. The van der Waals surface area contributed by atoms with Gasteiger partial charge in [-0.25, -0.2) is 9.78 Å². The van der Waals surface area contributed by atoms with Crippen LogP contribution in [0.2, 0.25) is 0 Å². The van der Waals surface area contributed by atoms with Gasteiger partial charge in [-0.2, -0.15) is 10.2 Å². The van der Waals surface area contributed by atoms with Gasteiger partial charge in [-0.3, -0.25) is 9.59 Å². The largest absolute Gasteiger partial charge is 0.489 e. The van der Waals surface area contributed by atoms with E-state index >= 15 is 0 Å². The summed E-state index contributed by atoms with van der Waals surface area (Å²) in [5.74, 6) is 1.11. The van der Waals surface area contributed by atoms with Crippen molar-refractivity contribution < 1.29 is 9.53 Å². The number of nitrogens with zero attached hydrogens (tertiary/aromatic N) is 4. The molecular weight excluding hydrogens is 418 g/mol. The van der Waals surface area contributed by atoms with Crippen LogP contribution in [0.5, 0.6) is 5.75 Å². The molecule has 0 radical (unpaired) electrons. The zero-order valence-electron chi connectivity index (χ0n) is 18.6. The van der Waals surface area contributed by atoms with Crippen molar-refractivity contribution in [3.8, 4) is 11.6 Å². The van der Waals surface area contributed by atoms with E-state index in [4.69, 9.17) is 4.74 Å². The number of rotatable bonds is 8. The van der Waals surface area contributed by atoms with E-state index in [1.165, 1.54) is 16.9 Å². The maximum atomic E-state index is 13.2. The Morgan fingerprint density at radius 3 is 2.45 bits per heavy atom. The van der Waals surface area contributed by atoms with Crippen molar-refractivity contribution in [1.82, 2.24) is 24.9 Å². The third-order valence-electron chi connectivity index (χ3n) is 5.34. The SMILES string of the molecule is CCN(Cc1ccc(OCc2ccccc2)cc1)C(=O)c1cnn(-c2ccc(=O)[nH]n2)c1C. The van der Waals surface area contributed by atoms with Crippen molar-refractivity contribution in [3.05, 3.63) is 106 Å². The molecule has 0 aliphatic rings. The molecule has 0 spiro atoms. The third-order valence-corrected chi connectivity index (χ3v) is 5.34. The summed E-state index contributed by atoms with van der Waals surface area (Å²) in [4.78, 5) is 26.2. The first-order valence-electron chi connectivity index (χ1n) is 10.7. The van der Waals surface area contributed by atoms with Crippen molar-refractivity contribution in [2.24, 2.45) is 0 Å². The zero-order valence-corrected chi connectivity index (χ0v) is 18.6. The Kier molecular flexibility index (Phi) is 6.64. The van der Waals surface area contributed by atoms with E-state index in [9.17, 15) is 9.59 Å². The summed E-state index contributed by atoms with van der Waals surface area (Å²) in [6.45, 7) is 5.27. The fraction of sp³-hybridized carbons (Fsp3) is 0.200. The van der Waals surface area contributed by atoms with Gasteiger partial charge < -0.3 is 9.64 Å². The highest BCUT2D eigenvalue weighted by atomic mass is 16.5. The Morgan fingerprint density at radius 2 is 1.79 bits per heavy atom. The number of nitrogens with one attached hydrogen (secondary N) is 1. The number of hydrogen-bond donors (Lipinski definition) is 1. The molecule has 0 saturated carbocycles. The molecule has 4 aromatic rings. The minimum Gasteiger partial charge on any atom is -0.489 e. The normalized spacial score (nSPS) is 10.7. The van der Waals surface area contributed by atoms with Crippen LogP contribution in [0.25, 0.3) is 5.82 Å². The summed E-state index contributed by atoms with van der Waals surface area (Å²) >= 11 is 0. The lowest BCUT2D eigenvalue weighted by atomic mass is 10.1. The molecule has 0 aliphatic carbocycles. The molecule has 0 bridgehead atoms. The number of amides is 1. The average Bonchev–Trinajstić information content (AvgIpc) is 3.24. The fourth-order valence-corrected chi connectivity index (χ4v) is 3.46. The predicted octanol–water partition coefficient (Wildman–Crippen LogP) is 3.51. The molecule has 2 heterocycles. The second-order valence-corrected chi connectivity index (χ2v) is 7.57. The highest BCUT2D eigenvalue weighted by Crippen LogP contribution is 2.18. The lowest BCUT2D eigenvalue weighted by molar-refractivity contribution is 0.0752. The van der Waals surface area contributed by atoms with Crippen LogP contribution in [0.1, 0.15) is 34.1 Å². The molecule has 2 aromatic heterocycles. The Hall–Kier alpha value is -4.20. The Labute approximate surface area is 191 Å². The minimum absolute atomic E-state index is 0.116. The maximum Gasteiger partial charge on any atom is 0.264 e. The van der Waals surface area contributed by atoms with Gasteiger partial charge in [0, 0.05) is 19.2 Å². The van der Waals surface area contributed by atoms with E-state index in [-0.39, 0.29) is 11.5 Å². The van der Waals surface area contributed by atoms with Gasteiger partial charge in [0.25, 0.3) is 11.5 Å². The number of H-pyrrole nitrogens is 1. The molecule has 1 amide bonds. The zero-order chi connectivity index (χ0) is 23.2. The van der Waals surface area contributed by atoms with E-state index in [1.807, 2.05) is 61.5 Å². The fourth-order valence-electron chi connectivity index (χ4n) is 3.46. The standard InChI is InChI=1S/C25H25N5O3/c1-3-29(16-19-9-11-21(12-10-19)33-17-20-7-5-4-6-8-20)25(32)22-15-26-30(18(22)2)23-13-14-24(31)28-27-23/h4-15H,3,16-17H2,1-2H3,(H,28,31). The maximum absolute atomic E-state index is 13.2. The van der Waals surface area contributed by atoms with Gasteiger partial charge in [0.15, 0.2) is 5.82 Å². The first kappa shape index (κ1) is 22.0. The molecule has 4 rings (SSSR count). The first-order chi connectivity index (χ1) is 16.0. The third kappa shape index (κ3) is 5.17. The van der Waals surface area contributed by atoms with Crippen molar-refractivity contribution in [2.45, 2.75) is 27.0 Å². The number of carbonyl (C=O) groups excluding carboxylic acids is 1. The van der Waals surface area contributed by atoms with Gasteiger partial charge in [-0.05, 0) is 43.2 Å². The summed E-state index contributed by atoms with van der Waals surface area (Å²) in [5, 5.41) is 10.7. The number of ether oxygens (including phenoxy) is 1. The van der Waals surface area contributed by atoms with E-state index < -0.39 is 0 Å². The average molecular weight is 444 g/mol. The minimum atomic E-state index is -0.298. The Balaban J connectivity index is 1.43. The number of benzene rings is 2. The predicted molar refractivity (Wildman–Crippen MR) is 124 cm³/mol. The van der Waals surface area contributed by atoms with Crippen LogP contribution in [-0.2, 0) is 13.2 Å². The first-order valence-corrected chi connectivity index (χ1v) is 10.7. The molecule has 1 N–H and O–H groups in total. The summed E-state index contributed by atoms with van der Waals surface area (Å²) in [7, 11) is 0. The molecule has 0 fully saturated rings. The monoisotopic (exact) mass is 443 g/mol. The molecule has 168 valence electrons. The van der Waals surface area contributed by atoms with Gasteiger partial charge in [0.05, 0.1) is 17.5 Å². The molecule has 0 atom stereocenters. The molecule has 8 heteroatoms. The van der Waals surface area contributed by atoms with Gasteiger partial charge in [-0.1, -0.05) is 42.5 Å². The number of aromatic nitrogens is 4. The van der Waals surface area contributed by atoms with Gasteiger partial charge in [0.1, 0.15) is 12.4 Å². The van der Waals surface area contributed by atoms with Crippen molar-refractivity contribution >= 4 is 5.91 Å². The van der Waals surface area contributed by atoms with Crippen LogP contribution < -0.4 is 10.3 Å². The lowest BCUT2D eigenvalue weighted by Crippen LogP contribution is -2.30. The molecular formula is C25H25N5O3. The molecule has 2 aromatic carbocycles. The smallest absolute Gasteiger partial charge is 0.264 e. The highest BCUT2D eigenvalue weighted by molar-refractivity contribution is 5.95. The molecule has 0 saturated heterocycles. The van der Waals surface area contributed by atoms with Crippen LogP contribution in [0.15, 0.2) is 77.7 Å². The molecule has 0 aliphatic heterocycles. The topological polar surface area (TPSA) is 93.1 Å². The molecule has 33 heavy (non-hydrogen) atoms. The van der Waals surface area contributed by atoms with E-state index in [0.717, 1.165) is 16.9 Å². The quantitative estimate of drug-likeness (QED) is 0.450. The second-order valence-electron chi connectivity index (χ2n) is 7.57. The number of hydrogen-bond acceptors (Lipinski definition) is 5. The molecule has 8 nitrogen and oxygen atoms in total. The van der Waals surface area contributed by atoms with Gasteiger partial charge >= 0.3 is 0 Å². The summed E-state index contributed by atoms with van der Waals surface area (Å²) in [6, 6.07) is 20.7. The van der Waals surface area contributed by atoms with Crippen molar-refractivity contribution in [1.29, 1.82) is 0 Å². The summed E-state index contributed by atoms with van der Waals surface area (Å²) in [6.07, 6.45) is 1.54. The lowest BCUT2D eigenvalue weighted by Gasteiger charge is -2.21. The highest BCUT2D eigenvalue weighted by Gasteiger charge is 2.21. The second kappa shape index (κ2) is 9.95.